The lowest BCUT2D eigenvalue weighted by Crippen LogP contribution is -2.59. The predicted molar refractivity (Wildman–Crippen MR) is 79.1 cm³/mol. The Hall–Kier alpha value is -0.0800. The van der Waals surface area contributed by atoms with E-state index in [9.17, 15) is 0 Å². The van der Waals surface area contributed by atoms with Gasteiger partial charge in [-0.2, -0.15) is 0 Å². The van der Waals surface area contributed by atoms with Crippen molar-refractivity contribution in [1.29, 1.82) is 0 Å². The van der Waals surface area contributed by atoms with Crippen LogP contribution in [0.25, 0.3) is 0 Å². The Morgan fingerprint density at radius 1 is 1.00 bits per heavy atom. The summed E-state index contributed by atoms with van der Waals surface area (Å²) in [4.78, 5) is 5.33. The van der Waals surface area contributed by atoms with Gasteiger partial charge in [0, 0.05) is 18.6 Å². The molecule has 2 nitrogen and oxygen atoms in total. The fourth-order valence-corrected chi connectivity index (χ4v) is 6.38. The van der Waals surface area contributed by atoms with Crippen LogP contribution in [0.15, 0.2) is 0 Å². The molecule has 0 radical (unpaired) electrons. The number of likely N-dealkylation sites (tertiary alicyclic amines) is 1. The highest BCUT2D eigenvalue weighted by molar-refractivity contribution is 5.08. The van der Waals surface area contributed by atoms with Gasteiger partial charge in [-0.05, 0) is 89.3 Å². The van der Waals surface area contributed by atoms with E-state index < -0.39 is 0 Å². The van der Waals surface area contributed by atoms with E-state index in [1.807, 2.05) is 0 Å². The van der Waals surface area contributed by atoms with Gasteiger partial charge in [-0.15, -0.1) is 0 Å². The SMILES string of the molecule is CN(C)C[C@H]1CCN(C23CC4CC(CC(C4)C2)C3)C1. The Bertz CT molecular complexity index is 314. The minimum atomic E-state index is 0.663. The summed E-state index contributed by atoms with van der Waals surface area (Å²) < 4.78 is 0. The molecule has 0 amide bonds. The average Bonchev–Trinajstić information content (AvgIpc) is 2.75. The van der Waals surface area contributed by atoms with Crippen molar-refractivity contribution in [1.82, 2.24) is 9.80 Å². The average molecular weight is 262 g/mol. The smallest absolute Gasteiger partial charge is 0.0217 e. The van der Waals surface area contributed by atoms with Crippen LogP contribution in [0.2, 0.25) is 0 Å². The Balaban J connectivity index is 1.47. The molecule has 5 rings (SSSR count). The van der Waals surface area contributed by atoms with E-state index in [0.29, 0.717) is 5.54 Å². The molecule has 108 valence electrons. The Morgan fingerprint density at radius 3 is 2.11 bits per heavy atom. The topological polar surface area (TPSA) is 6.48 Å². The molecule has 1 heterocycles. The zero-order valence-electron chi connectivity index (χ0n) is 12.8. The maximum absolute atomic E-state index is 2.95. The third-order valence-corrected chi connectivity index (χ3v) is 6.59. The number of rotatable bonds is 3. The first-order valence-corrected chi connectivity index (χ1v) is 8.53. The van der Waals surface area contributed by atoms with Crippen LogP contribution in [0.4, 0.5) is 0 Å². The molecule has 0 unspecified atom stereocenters. The molecule has 0 aromatic carbocycles. The molecule has 0 spiro atoms. The lowest BCUT2D eigenvalue weighted by atomic mass is 9.52. The summed E-state index contributed by atoms with van der Waals surface area (Å²) in [6, 6.07) is 0. The fraction of sp³-hybridized carbons (Fsp3) is 1.00. The molecular formula is C17H30N2. The van der Waals surface area contributed by atoms with Crippen molar-refractivity contribution >= 4 is 0 Å². The predicted octanol–water partition coefficient (Wildman–Crippen LogP) is 2.84. The largest absolute Gasteiger partial charge is 0.309 e. The van der Waals surface area contributed by atoms with Crippen LogP contribution in [-0.2, 0) is 0 Å². The minimum Gasteiger partial charge on any atom is -0.309 e. The summed E-state index contributed by atoms with van der Waals surface area (Å²) in [6.07, 6.45) is 10.8. The zero-order chi connectivity index (χ0) is 13.0. The van der Waals surface area contributed by atoms with Crippen molar-refractivity contribution in [3.63, 3.8) is 0 Å². The Kier molecular flexibility index (Phi) is 2.97. The Labute approximate surface area is 118 Å². The Morgan fingerprint density at radius 2 is 1.58 bits per heavy atom. The van der Waals surface area contributed by atoms with Crippen LogP contribution < -0.4 is 0 Å². The molecular weight excluding hydrogens is 232 g/mol. The van der Waals surface area contributed by atoms with Gasteiger partial charge in [-0.25, -0.2) is 0 Å². The standard InChI is InChI=1S/C17H30N2/c1-18(2)11-13-3-4-19(12-13)17-8-14-5-15(9-17)7-16(6-14)10-17/h13-16H,3-12H2,1-2H3/t13-,14?,15?,16?,17?/m1/s1. The molecule has 4 saturated carbocycles. The van der Waals surface area contributed by atoms with Crippen molar-refractivity contribution in [3.05, 3.63) is 0 Å². The number of hydrogen-bond donors (Lipinski definition) is 0. The molecule has 2 heteroatoms. The molecule has 4 aliphatic carbocycles. The van der Waals surface area contributed by atoms with Gasteiger partial charge in [0.2, 0.25) is 0 Å². The highest BCUT2D eigenvalue weighted by Gasteiger charge is 2.54. The lowest BCUT2D eigenvalue weighted by Gasteiger charge is -2.60. The molecule has 0 aromatic heterocycles. The molecule has 4 bridgehead atoms. The van der Waals surface area contributed by atoms with Crippen molar-refractivity contribution < 1.29 is 0 Å². The van der Waals surface area contributed by atoms with Gasteiger partial charge in [-0.3, -0.25) is 4.90 Å². The molecule has 1 aliphatic heterocycles. The van der Waals surface area contributed by atoms with E-state index in [4.69, 9.17) is 0 Å². The van der Waals surface area contributed by atoms with Crippen molar-refractivity contribution in [2.24, 2.45) is 23.7 Å². The molecule has 5 fully saturated rings. The fourth-order valence-electron chi connectivity index (χ4n) is 6.38. The second kappa shape index (κ2) is 4.46. The molecule has 0 N–H and O–H groups in total. The second-order valence-electron chi connectivity index (χ2n) is 8.50. The molecule has 0 aromatic rings. The summed E-state index contributed by atoms with van der Waals surface area (Å²) in [6.45, 7) is 4.08. The molecule has 19 heavy (non-hydrogen) atoms. The maximum Gasteiger partial charge on any atom is 0.0217 e. The third kappa shape index (κ3) is 2.15. The maximum atomic E-state index is 2.95. The first kappa shape index (κ1) is 12.6. The quantitative estimate of drug-likeness (QED) is 0.772. The summed E-state index contributed by atoms with van der Waals surface area (Å²) >= 11 is 0. The number of nitrogens with zero attached hydrogens (tertiary/aromatic N) is 2. The third-order valence-electron chi connectivity index (χ3n) is 6.59. The summed E-state index contributed by atoms with van der Waals surface area (Å²) in [5.41, 5.74) is 0.663. The summed E-state index contributed by atoms with van der Waals surface area (Å²) in [5.74, 6) is 4.22. The monoisotopic (exact) mass is 262 g/mol. The normalized spacial score (nSPS) is 49.4. The summed E-state index contributed by atoms with van der Waals surface area (Å²) in [7, 11) is 4.46. The van der Waals surface area contributed by atoms with Gasteiger partial charge in [0.25, 0.3) is 0 Å². The van der Waals surface area contributed by atoms with E-state index in [0.717, 1.165) is 23.7 Å². The van der Waals surface area contributed by atoms with Crippen LogP contribution in [-0.4, -0.2) is 49.1 Å². The van der Waals surface area contributed by atoms with Crippen LogP contribution in [0.3, 0.4) is 0 Å². The van der Waals surface area contributed by atoms with Crippen LogP contribution >= 0.6 is 0 Å². The minimum absolute atomic E-state index is 0.663. The van der Waals surface area contributed by atoms with Crippen LogP contribution in [0.5, 0.6) is 0 Å². The van der Waals surface area contributed by atoms with Gasteiger partial charge >= 0.3 is 0 Å². The first-order valence-electron chi connectivity index (χ1n) is 8.53. The molecule has 1 saturated heterocycles. The van der Waals surface area contributed by atoms with Crippen molar-refractivity contribution in [3.8, 4) is 0 Å². The van der Waals surface area contributed by atoms with Crippen molar-refractivity contribution in [2.75, 3.05) is 33.7 Å². The van der Waals surface area contributed by atoms with Crippen molar-refractivity contribution in [2.45, 2.75) is 50.5 Å². The highest BCUT2D eigenvalue weighted by atomic mass is 15.2. The van der Waals surface area contributed by atoms with Gasteiger partial charge < -0.3 is 4.90 Å². The van der Waals surface area contributed by atoms with E-state index in [1.54, 1.807) is 38.5 Å². The lowest BCUT2D eigenvalue weighted by molar-refractivity contribution is -0.0816. The van der Waals surface area contributed by atoms with Crippen LogP contribution in [0, 0.1) is 23.7 Å². The van der Waals surface area contributed by atoms with Gasteiger partial charge in [0.15, 0.2) is 0 Å². The molecule has 1 atom stereocenters. The van der Waals surface area contributed by atoms with Gasteiger partial charge in [0.1, 0.15) is 0 Å². The first-order chi connectivity index (χ1) is 9.13. The van der Waals surface area contributed by atoms with E-state index in [1.165, 1.54) is 26.1 Å². The second-order valence-corrected chi connectivity index (χ2v) is 8.50. The van der Waals surface area contributed by atoms with Gasteiger partial charge in [0.05, 0.1) is 0 Å². The van der Waals surface area contributed by atoms with Gasteiger partial charge in [-0.1, -0.05) is 0 Å². The number of hydrogen-bond acceptors (Lipinski definition) is 2. The zero-order valence-corrected chi connectivity index (χ0v) is 12.8. The van der Waals surface area contributed by atoms with Crippen LogP contribution in [0.1, 0.15) is 44.9 Å². The molecule has 5 aliphatic rings. The van der Waals surface area contributed by atoms with E-state index in [2.05, 4.69) is 23.9 Å². The highest BCUT2D eigenvalue weighted by Crippen LogP contribution is 2.58. The van der Waals surface area contributed by atoms with E-state index >= 15 is 0 Å². The van der Waals surface area contributed by atoms with E-state index in [-0.39, 0.29) is 0 Å². The summed E-state index contributed by atoms with van der Waals surface area (Å²) in [5, 5.41) is 0.